The summed E-state index contributed by atoms with van der Waals surface area (Å²) in [5.41, 5.74) is 2.58. The lowest BCUT2D eigenvalue weighted by Gasteiger charge is -2.09. The van der Waals surface area contributed by atoms with Crippen molar-refractivity contribution in [2.24, 2.45) is 0 Å². The molecule has 146 valence electrons. The number of rotatable bonds is 5. The minimum Gasteiger partial charge on any atom is -0.298 e. The van der Waals surface area contributed by atoms with Gasteiger partial charge in [0.1, 0.15) is 0 Å². The number of nitrogens with zero attached hydrogens (tertiary/aromatic N) is 1. The summed E-state index contributed by atoms with van der Waals surface area (Å²) in [5.74, 6) is -0.360. The molecule has 0 spiro atoms. The van der Waals surface area contributed by atoms with Crippen LogP contribution in [0.1, 0.15) is 15.9 Å². The maximum atomic E-state index is 12.6. The smallest absolute Gasteiger partial charge is 0.261 e. The average Bonchev–Trinajstić information content (AvgIpc) is 3.10. The number of hydrogen-bond donors (Lipinski definition) is 2. The normalized spacial score (nSPS) is 11.3. The fraction of sp³-hybridized carbons (Fsp3) is 0.0476. The van der Waals surface area contributed by atoms with Crippen LogP contribution in [0, 0.1) is 6.92 Å². The van der Waals surface area contributed by atoms with E-state index in [0.717, 1.165) is 15.8 Å². The molecule has 1 heterocycles. The number of fused-ring (bicyclic) bond motifs is 1. The van der Waals surface area contributed by atoms with Gasteiger partial charge < -0.3 is 0 Å². The monoisotopic (exact) mass is 423 g/mol. The van der Waals surface area contributed by atoms with Crippen LogP contribution in [-0.4, -0.2) is 19.3 Å². The molecule has 0 aliphatic carbocycles. The van der Waals surface area contributed by atoms with Gasteiger partial charge in [-0.25, -0.2) is 13.4 Å². The van der Waals surface area contributed by atoms with E-state index >= 15 is 0 Å². The summed E-state index contributed by atoms with van der Waals surface area (Å²) in [7, 11) is -3.73. The quantitative estimate of drug-likeness (QED) is 0.489. The summed E-state index contributed by atoms with van der Waals surface area (Å²) < 4.78 is 28.5. The summed E-state index contributed by atoms with van der Waals surface area (Å²) in [6, 6.07) is 20.3. The number of anilines is 2. The molecule has 1 amide bonds. The minimum absolute atomic E-state index is 0.152. The van der Waals surface area contributed by atoms with Crippen molar-refractivity contribution in [3.05, 3.63) is 83.9 Å². The van der Waals surface area contributed by atoms with E-state index in [1.807, 2.05) is 25.1 Å². The van der Waals surface area contributed by atoms with Crippen molar-refractivity contribution in [3.8, 4) is 0 Å². The number of thiazole rings is 1. The number of aromatic nitrogens is 1. The molecule has 0 fully saturated rings. The van der Waals surface area contributed by atoms with Crippen LogP contribution in [0.2, 0.25) is 0 Å². The van der Waals surface area contributed by atoms with E-state index in [1.165, 1.54) is 29.5 Å². The molecule has 0 unspecified atom stereocenters. The number of hydrogen-bond acceptors (Lipinski definition) is 5. The molecule has 0 bridgehead atoms. The molecule has 0 atom stereocenters. The lowest BCUT2D eigenvalue weighted by molar-refractivity contribution is 0.102. The third-order valence-corrected chi connectivity index (χ3v) is 6.53. The number of amides is 1. The minimum atomic E-state index is -3.73. The fourth-order valence-corrected chi connectivity index (χ4v) is 4.82. The maximum absolute atomic E-state index is 12.6. The highest BCUT2D eigenvalue weighted by atomic mass is 32.2. The summed E-state index contributed by atoms with van der Waals surface area (Å²) in [6.45, 7) is 2.00. The van der Waals surface area contributed by atoms with Crippen LogP contribution in [-0.2, 0) is 10.0 Å². The largest absolute Gasteiger partial charge is 0.298 e. The van der Waals surface area contributed by atoms with Crippen molar-refractivity contribution in [1.82, 2.24) is 4.98 Å². The van der Waals surface area contributed by atoms with Gasteiger partial charge in [-0.15, -0.1) is 0 Å². The van der Waals surface area contributed by atoms with Crippen LogP contribution in [0.3, 0.4) is 0 Å². The zero-order chi connectivity index (χ0) is 20.4. The molecular weight excluding hydrogens is 406 g/mol. The molecule has 8 heteroatoms. The van der Waals surface area contributed by atoms with Crippen LogP contribution in [0.15, 0.2) is 77.7 Å². The first-order valence-electron chi connectivity index (χ1n) is 8.77. The number of aryl methyl sites for hydroxylation is 1. The second-order valence-electron chi connectivity index (χ2n) is 6.44. The topological polar surface area (TPSA) is 88.2 Å². The third kappa shape index (κ3) is 4.28. The van der Waals surface area contributed by atoms with Crippen molar-refractivity contribution >= 4 is 48.3 Å². The van der Waals surface area contributed by atoms with E-state index in [4.69, 9.17) is 0 Å². The number of sulfonamides is 1. The van der Waals surface area contributed by atoms with E-state index in [-0.39, 0.29) is 10.8 Å². The predicted octanol–water partition coefficient (Wildman–Crippen LogP) is 4.66. The number of nitrogens with one attached hydrogen (secondary N) is 2. The second-order valence-corrected chi connectivity index (χ2v) is 9.16. The molecule has 29 heavy (non-hydrogen) atoms. The Morgan fingerprint density at radius 2 is 1.76 bits per heavy atom. The average molecular weight is 424 g/mol. The lowest BCUT2D eigenvalue weighted by atomic mass is 10.2. The van der Waals surface area contributed by atoms with Crippen LogP contribution < -0.4 is 10.0 Å². The highest BCUT2D eigenvalue weighted by Crippen LogP contribution is 2.27. The first-order valence-corrected chi connectivity index (χ1v) is 11.1. The van der Waals surface area contributed by atoms with Gasteiger partial charge in [-0.3, -0.25) is 14.8 Å². The molecule has 6 nitrogen and oxygen atoms in total. The number of carbonyl (C=O) groups is 1. The van der Waals surface area contributed by atoms with Crippen molar-refractivity contribution < 1.29 is 13.2 Å². The Morgan fingerprint density at radius 3 is 2.55 bits per heavy atom. The Kier molecular flexibility index (Phi) is 5.04. The van der Waals surface area contributed by atoms with Gasteiger partial charge >= 0.3 is 0 Å². The van der Waals surface area contributed by atoms with Crippen molar-refractivity contribution in [3.63, 3.8) is 0 Å². The van der Waals surface area contributed by atoms with Crippen LogP contribution in [0.25, 0.3) is 10.2 Å². The summed E-state index contributed by atoms with van der Waals surface area (Å²) in [4.78, 5) is 17.2. The number of benzene rings is 3. The highest BCUT2D eigenvalue weighted by molar-refractivity contribution is 7.92. The zero-order valence-corrected chi connectivity index (χ0v) is 17.0. The predicted molar refractivity (Wildman–Crippen MR) is 116 cm³/mol. The standard InChI is InChI=1S/C21H17N3O3S2/c1-14-10-11-18-19(12-14)28-21(22-18)23-20(25)15-6-5-7-16(13-15)24-29(26,27)17-8-3-2-4-9-17/h2-13,24H,1H3,(H,22,23,25). The molecule has 0 saturated heterocycles. The van der Waals surface area contributed by atoms with Gasteiger partial charge in [0, 0.05) is 11.3 Å². The lowest BCUT2D eigenvalue weighted by Crippen LogP contribution is -2.15. The maximum Gasteiger partial charge on any atom is 0.261 e. The Morgan fingerprint density at radius 1 is 0.966 bits per heavy atom. The van der Waals surface area contributed by atoms with Gasteiger partial charge in [0.15, 0.2) is 5.13 Å². The molecule has 0 aliphatic rings. The van der Waals surface area contributed by atoms with Gasteiger partial charge in [0.25, 0.3) is 15.9 Å². The van der Waals surface area contributed by atoms with E-state index in [9.17, 15) is 13.2 Å². The molecule has 2 N–H and O–H groups in total. The molecule has 1 aromatic heterocycles. The summed E-state index contributed by atoms with van der Waals surface area (Å²) in [6.07, 6.45) is 0. The van der Waals surface area contributed by atoms with Crippen molar-refractivity contribution in [1.29, 1.82) is 0 Å². The van der Waals surface area contributed by atoms with Gasteiger partial charge in [-0.05, 0) is 55.0 Å². The molecule has 0 aliphatic heterocycles. The molecule has 4 rings (SSSR count). The summed E-state index contributed by atoms with van der Waals surface area (Å²) in [5, 5.41) is 3.27. The van der Waals surface area contributed by atoms with Crippen molar-refractivity contribution in [2.75, 3.05) is 10.0 Å². The Hall–Kier alpha value is -3.23. The van der Waals surface area contributed by atoms with E-state index in [1.54, 1.807) is 36.4 Å². The number of carbonyl (C=O) groups excluding carboxylic acids is 1. The SMILES string of the molecule is Cc1ccc2nc(NC(=O)c3cccc(NS(=O)(=O)c4ccccc4)c3)sc2c1. The third-order valence-electron chi connectivity index (χ3n) is 4.19. The Balaban J connectivity index is 1.54. The Labute approximate surface area is 172 Å². The molecule has 0 saturated carbocycles. The Bertz CT molecular complexity index is 1300. The summed E-state index contributed by atoms with van der Waals surface area (Å²) >= 11 is 1.39. The zero-order valence-electron chi connectivity index (χ0n) is 15.4. The van der Waals surface area contributed by atoms with E-state index in [0.29, 0.717) is 16.4 Å². The second kappa shape index (κ2) is 7.65. The highest BCUT2D eigenvalue weighted by Gasteiger charge is 2.15. The van der Waals surface area contributed by atoms with Gasteiger partial charge in [-0.1, -0.05) is 41.7 Å². The fourth-order valence-electron chi connectivity index (χ4n) is 2.79. The van der Waals surface area contributed by atoms with Gasteiger partial charge in [0.05, 0.1) is 15.1 Å². The van der Waals surface area contributed by atoms with E-state index < -0.39 is 10.0 Å². The molecule has 0 radical (unpaired) electrons. The molecular formula is C21H17N3O3S2. The van der Waals surface area contributed by atoms with Gasteiger partial charge in [0.2, 0.25) is 0 Å². The molecule has 4 aromatic rings. The van der Waals surface area contributed by atoms with Crippen LogP contribution in [0.4, 0.5) is 10.8 Å². The van der Waals surface area contributed by atoms with Crippen LogP contribution >= 0.6 is 11.3 Å². The van der Waals surface area contributed by atoms with Crippen molar-refractivity contribution in [2.45, 2.75) is 11.8 Å². The molecule has 3 aromatic carbocycles. The first kappa shape index (κ1) is 19.1. The van der Waals surface area contributed by atoms with Crippen LogP contribution in [0.5, 0.6) is 0 Å². The first-order chi connectivity index (χ1) is 13.9. The van der Waals surface area contributed by atoms with E-state index in [2.05, 4.69) is 15.0 Å². The van der Waals surface area contributed by atoms with Gasteiger partial charge in [-0.2, -0.15) is 0 Å².